The lowest BCUT2D eigenvalue weighted by Crippen LogP contribution is -1.94. The molecule has 2 rings (SSSR count). The van der Waals surface area contributed by atoms with Crippen LogP contribution in [0.5, 0.6) is 0 Å². The van der Waals surface area contributed by atoms with E-state index >= 15 is 0 Å². The average Bonchev–Trinajstić information content (AvgIpc) is 2.53. The van der Waals surface area contributed by atoms with E-state index in [4.69, 9.17) is 0 Å². The molecule has 0 bridgehead atoms. The Kier molecular flexibility index (Phi) is 4.90. The largest absolute Gasteiger partial charge is 0.466 e. The summed E-state index contributed by atoms with van der Waals surface area (Å²) in [6.07, 6.45) is 5.24. The van der Waals surface area contributed by atoms with Gasteiger partial charge in [0.2, 0.25) is 0 Å². The molecule has 0 saturated carbocycles. The Bertz CT molecular complexity index is 610. The van der Waals surface area contributed by atoms with Crippen molar-refractivity contribution in [3.8, 4) is 0 Å². The number of methoxy groups -OCH3 is 1. The van der Waals surface area contributed by atoms with Crippen LogP contribution in [0.15, 0.2) is 72.8 Å². The van der Waals surface area contributed by atoms with Gasteiger partial charge in [-0.25, -0.2) is 4.79 Å². The number of hydrogen-bond acceptors (Lipinski definition) is 2. The number of hydrogen-bond donors (Lipinski definition) is 0. The molecule has 2 nitrogen and oxygen atoms in total. The third kappa shape index (κ3) is 3.95. The van der Waals surface area contributed by atoms with E-state index in [0.29, 0.717) is 0 Å². The monoisotopic (exact) mass is 264 g/mol. The Morgan fingerprint density at radius 3 is 2.10 bits per heavy atom. The molecule has 0 N–H and O–H groups in total. The van der Waals surface area contributed by atoms with Crippen LogP contribution < -0.4 is 0 Å². The van der Waals surface area contributed by atoms with Crippen LogP contribution in [0, 0.1) is 0 Å². The van der Waals surface area contributed by atoms with Gasteiger partial charge in [0, 0.05) is 6.08 Å². The molecule has 0 spiro atoms. The van der Waals surface area contributed by atoms with E-state index in [-0.39, 0.29) is 5.97 Å². The zero-order valence-corrected chi connectivity index (χ0v) is 11.3. The smallest absolute Gasteiger partial charge is 0.330 e. The van der Waals surface area contributed by atoms with Gasteiger partial charge in [-0.3, -0.25) is 0 Å². The zero-order chi connectivity index (χ0) is 14.2. The average molecular weight is 264 g/mol. The number of rotatable bonds is 4. The predicted molar refractivity (Wildman–Crippen MR) is 81.9 cm³/mol. The molecular weight excluding hydrogens is 248 g/mol. The first-order chi connectivity index (χ1) is 9.79. The van der Waals surface area contributed by atoms with Crippen molar-refractivity contribution in [2.45, 2.75) is 0 Å². The first-order valence-corrected chi connectivity index (χ1v) is 6.38. The van der Waals surface area contributed by atoms with Crippen LogP contribution in [-0.4, -0.2) is 13.1 Å². The minimum atomic E-state index is -0.361. The molecule has 2 aromatic carbocycles. The minimum absolute atomic E-state index is 0.361. The maximum absolute atomic E-state index is 11.3. The number of benzene rings is 2. The van der Waals surface area contributed by atoms with Gasteiger partial charge in [0.25, 0.3) is 0 Å². The van der Waals surface area contributed by atoms with Crippen molar-refractivity contribution in [3.05, 3.63) is 83.9 Å². The van der Waals surface area contributed by atoms with Gasteiger partial charge in [-0.1, -0.05) is 60.7 Å². The highest BCUT2D eigenvalue weighted by Gasteiger charge is 1.99. The molecule has 0 atom stereocenters. The first kappa shape index (κ1) is 13.8. The predicted octanol–water partition coefficient (Wildman–Crippen LogP) is 3.96. The van der Waals surface area contributed by atoms with E-state index < -0.39 is 0 Å². The van der Waals surface area contributed by atoms with Gasteiger partial charge in [0.05, 0.1) is 7.11 Å². The second kappa shape index (κ2) is 7.10. The summed E-state index contributed by atoms with van der Waals surface area (Å²) in [6.45, 7) is 0. The molecule has 0 heterocycles. The SMILES string of the molecule is COC(=O)/C=C/C(=Cc1ccccc1)c1ccccc1. The maximum atomic E-state index is 11.3. The highest BCUT2D eigenvalue weighted by molar-refractivity contribution is 5.92. The van der Waals surface area contributed by atoms with Crippen LogP contribution in [0.4, 0.5) is 0 Å². The van der Waals surface area contributed by atoms with Crippen LogP contribution >= 0.6 is 0 Å². The highest BCUT2D eigenvalue weighted by atomic mass is 16.5. The van der Waals surface area contributed by atoms with Gasteiger partial charge in [0.1, 0.15) is 0 Å². The van der Waals surface area contributed by atoms with Crippen LogP contribution in [0.1, 0.15) is 11.1 Å². The number of carbonyl (C=O) groups excluding carboxylic acids is 1. The molecule has 0 aromatic heterocycles. The number of allylic oxidation sites excluding steroid dienone is 2. The molecule has 0 amide bonds. The van der Waals surface area contributed by atoms with E-state index in [1.807, 2.05) is 66.7 Å². The minimum Gasteiger partial charge on any atom is -0.466 e. The topological polar surface area (TPSA) is 26.3 Å². The molecule has 100 valence electrons. The summed E-state index contributed by atoms with van der Waals surface area (Å²) in [6, 6.07) is 19.9. The summed E-state index contributed by atoms with van der Waals surface area (Å²) in [5.41, 5.74) is 3.10. The molecule has 0 fully saturated rings. The van der Waals surface area contributed by atoms with E-state index in [0.717, 1.165) is 16.7 Å². The van der Waals surface area contributed by atoms with E-state index in [9.17, 15) is 4.79 Å². The van der Waals surface area contributed by atoms with Gasteiger partial charge in [0.15, 0.2) is 0 Å². The summed E-state index contributed by atoms with van der Waals surface area (Å²) >= 11 is 0. The third-order valence-electron chi connectivity index (χ3n) is 2.83. The van der Waals surface area contributed by atoms with Crippen LogP contribution in [-0.2, 0) is 9.53 Å². The second-order valence-corrected chi connectivity index (χ2v) is 4.23. The molecule has 0 saturated heterocycles. The molecule has 0 aliphatic heterocycles. The molecule has 0 radical (unpaired) electrons. The Hall–Kier alpha value is -2.61. The number of esters is 1. The first-order valence-electron chi connectivity index (χ1n) is 6.38. The molecule has 2 aromatic rings. The number of carbonyl (C=O) groups is 1. The summed E-state index contributed by atoms with van der Waals surface area (Å²) < 4.78 is 4.63. The lowest BCUT2D eigenvalue weighted by molar-refractivity contribution is -0.134. The van der Waals surface area contributed by atoms with Crippen molar-refractivity contribution in [3.63, 3.8) is 0 Å². The fourth-order valence-electron chi connectivity index (χ4n) is 1.81. The van der Waals surface area contributed by atoms with Crippen molar-refractivity contribution in [2.24, 2.45) is 0 Å². The lowest BCUT2D eigenvalue weighted by Gasteiger charge is -2.03. The Morgan fingerprint density at radius 1 is 0.900 bits per heavy atom. The molecular formula is C18H16O2. The highest BCUT2D eigenvalue weighted by Crippen LogP contribution is 2.19. The molecule has 20 heavy (non-hydrogen) atoms. The van der Waals surface area contributed by atoms with Crippen molar-refractivity contribution >= 4 is 17.6 Å². The van der Waals surface area contributed by atoms with Gasteiger partial charge < -0.3 is 4.74 Å². The van der Waals surface area contributed by atoms with Gasteiger partial charge in [-0.2, -0.15) is 0 Å². The Labute approximate surface area is 119 Å². The van der Waals surface area contributed by atoms with Crippen LogP contribution in [0.2, 0.25) is 0 Å². The van der Waals surface area contributed by atoms with Gasteiger partial charge in [-0.15, -0.1) is 0 Å². The maximum Gasteiger partial charge on any atom is 0.330 e. The summed E-state index contributed by atoms with van der Waals surface area (Å²) in [7, 11) is 1.37. The molecule has 0 aliphatic rings. The quantitative estimate of drug-likeness (QED) is 0.361. The fourth-order valence-corrected chi connectivity index (χ4v) is 1.81. The van der Waals surface area contributed by atoms with Crippen molar-refractivity contribution in [1.29, 1.82) is 0 Å². The zero-order valence-electron chi connectivity index (χ0n) is 11.3. The summed E-state index contributed by atoms with van der Waals surface area (Å²) in [5, 5.41) is 0. The van der Waals surface area contributed by atoms with Crippen molar-refractivity contribution < 1.29 is 9.53 Å². The van der Waals surface area contributed by atoms with Crippen LogP contribution in [0.3, 0.4) is 0 Å². The van der Waals surface area contributed by atoms with Crippen LogP contribution in [0.25, 0.3) is 11.6 Å². The van der Waals surface area contributed by atoms with E-state index in [1.165, 1.54) is 13.2 Å². The third-order valence-corrected chi connectivity index (χ3v) is 2.83. The van der Waals surface area contributed by atoms with E-state index in [1.54, 1.807) is 6.08 Å². The molecule has 0 unspecified atom stereocenters. The normalized spacial score (nSPS) is 11.6. The molecule has 2 heteroatoms. The standard InChI is InChI=1S/C18H16O2/c1-20-18(19)13-12-17(16-10-6-3-7-11-16)14-15-8-4-2-5-9-15/h2-14H,1H3/b13-12+,17-14?. The van der Waals surface area contributed by atoms with Crippen molar-refractivity contribution in [2.75, 3.05) is 7.11 Å². The van der Waals surface area contributed by atoms with Gasteiger partial charge >= 0.3 is 5.97 Å². The Morgan fingerprint density at radius 2 is 1.50 bits per heavy atom. The summed E-state index contributed by atoms with van der Waals surface area (Å²) in [4.78, 5) is 11.3. The second-order valence-electron chi connectivity index (χ2n) is 4.23. The fraction of sp³-hybridized carbons (Fsp3) is 0.0556. The number of ether oxygens (including phenoxy) is 1. The van der Waals surface area contributed by atoms with Gasteiger partial charge in [-0.05, 0) is 28.9 Å². The summed E-state index contributed by atoms with van der Waals surface area (Å²) in [5.74, 6) is -0.361. The Balaban J connectivity index is 2.37. The lowest BCUT2D eigenvalue weighted by atomic mass is 10.0. The van der Waals surface area contributed by atoms with Crippen molar-refractivity contribution in [1.82, 2.24) is 0 Å². The van der Waals surface area contributed by atoms with E-state index in [2.05, 4.69) is 4.74 Å². The molecule has 0 aliphatic carbocycles.